The lowest BCUT2D eigenvalue weighted by atomic mass is 9.87. The van der Waals surface area contributed by atoms with Crippen molar-refractivity contribution in [2.75, 3.05) is 11.9 Å². The summed E-state index contributed by atoms with van der Waals surface area (Å²) in [6.45, 7) is 1.92. The Hall–Kier alpha value is -3.15. The molecule has 0 radical (unpaired) electrons. The molecular weight excluding hydrogens is 366 g/mol. The highest BCUT2D eigenvalue weighted by Crippen LogP contribution is 2.32. The smallest absolute Gasteiger partial charge is 0.325 e. The molecular formula is C23H25N3O3. The van der Waals surface area contributed by atoms with Crippen LogP contribution in [-0.2, 0) is 28.0 Å². The van der Waals surface area contributed by atoms with E-state index in [-0.39, 0.29) is 24.8 Å². The van der Waals surface area contributed by atoms with E-state index >= 15 is 0 Å². The van der Waals surface area contributed by atoms with Crippen LogP contribution in [0.1, 0.15) is 42.9 Å². The van der Waals surface area contributed by atoms with E-state index in [9.17, 15) is 14.4 Å². The first-order valence-electron chi connectivity index (χ1n) is 10.1. The molecule has 1 saturated heterocycles. The number of aryl methyl sites for hydroxylation is 2. The molecule has 1 aliphatic carbocycles. The molecule has 1 atom stereocenters. The maximum atomic E-state index is 13.1. The zero-order chi connectivity index (χ0) is 20.4. The lowest BCUT2D eigenvalue weighted by molar-refractivity contribution is -0.132. The zero-order valence-corrected chi connectivity index (χ0v) is 16.5. The number of nitrogens with zero attached hydrogens (tertiary/aromatic N) is 1. The normalized spacial score (nSPS) is 20.5. The number of hydrogen-bond donors (Lipinski definition) is 2. The molecule has 6 heteroatoms. The monoisotopic (exact) mass is 391 g/mol. The van der Waals surface area contributed by atoms with Gasteiger partial charge in [-0.2, -0.15) is 0 Å². The van der Waals surface area contributed by atoms with Gasteiger partial charge in [-0.25, -0.2) is 4.79 Å². The second-order valence-corrected chi connectivity index (χ2v) is 7.65. The highest BCUT2D eigenvalue weighted by atomic mass is 16.2. The molecule has 0 bridgehead atoms. The van der Waals surface area contributed by atoms with Gasteiger partial charge in [-0.15, -0.1) is 0 Å². The van der Waals surface area contributed by atoms with Crippen molar-refractivity contribution in [3.63, 3.8) is 0 Å². The van der Waals surface area contributed by atoms with Crippen LogP contribution in [0, 0.1) is 0 Å². The molecule has 4 rings (SSSR count). The Morgan fingerprint density at radius 2 is 1.86 bits per heavy atom. The lowest BCUT2D eigenvalue weighted by Crippen LogP contribution is -2.43. The minimum absolute atomic E-state index is 0.0516. The fourth-order valence-electron chi connectivity index (χ4n) is 4.28. The lowest BCUT2D eigenvalue weighted by Gasteiger charge is -2.25. The van der Waals surface area contributed by atoms with Crippen LogP contribution < -0.4 is 10.6 Å². The first-order valence-corrected chi connectivity index (χ1v) is 10.1. The molecule has 1 heterocycles. The average Bonchev–Trinajstić information content (AvgIpc) is 3.29. The third-order valence-corrected chi connectivity index (χ3v) is 5.92. The Balaban J connectivity index is 1.41. The van der Waals surface area contributed by atoms with Gasteiger partial charge < -0.3 is 10.6 Å². The Morgan fingerprint density at radius 3 is 2.62 bits per heavy atom. The van der Waals surface area contributed by atoms with Crippen molar-refractivity contribution < 1.29 is 14.4 Å². The number of carbonyl (C=O) groups is 3. The van der Waals surface area contributed by atoms with Crippen molar-refractivity contribution in [3.8, 4) is 0 Å². The molecule has 1 aliphatic heterocycles. The number of carbonyl (C=O) groups excluding carboxylic acids is 3. The summed E-state index contributed by atoms with van der Waals surface area (Å²) in [7, 11) is 0. The Morgan fingerprint density at radius 1 is 1.10 bits per heavy atom. The van der Waals surface area contributed by atoms with Gasteiger partial charge >= 0.3 is 6.03 Å². The van der Waals surface area contributed by atoms with E-state index in [2.05, 4.69) is 16.7 Å². The molecule has 0 saturated carbocycles. The van der Waals surface area contributed by atoms with Crippen LogP contribution in [0.5, 0.6) is 0 Å². The summed E-state index contributed by atoms with van der Waals surface area (Å²) < 4.78 is 0. The molecule has 1 fully saturated rings. The van der Waals surface area contributed by atoms with Gasteiger partial charge in [-0.3, -0.25) is 14.5 Å². The largest absolute Gasteiger partial charge is 0.326 e. The molecule has 0 unspecified atom stereocenters. The molecule has 0 spiro atoms. The molecule has 150 valence electrons. The number of anilines is 1. The van der Waals surface area contributed by atoms with Gasteiger partial charge in [0, 0.05) is 18.7 Å². The second kappa shape index (κ2) is 7.70. The van der Waals surface area contributed by atoms with Crippen LogP contribution in [0.15, 0.2) is 48.5 Å². The van der Waals surface area contributed by atoms with Gasteiger partial charge in [-0.05, 0) is 54.5 Å². The first-order chi connectivity index (χ1) is 14.0. The number of rotatable bonds is 6. The number of imide groups is 1. The van der Waals surface area contributed by atoms with Crippen molar-refractivity contribution in [1.29, 1.82) is 0 Å². The highest BCUT2D eigenvalue weighted by Gasteiger charge is 2.50. The van der Waals surface area contributed by atoms with E-state index in [1.807, 2.05) is 49.4 Å². The minimum Gasteiger partial charge on any atom is -0.326 e. The van der Waals surface area contributed by atoms with Crippen LogP contribution in [0.2, 0.25) is 0 Å². The highest BCUT2D eigenvalue weighted by molar-refractivity contribution is 6.07. The number of hydrogen-bond acceptors (Lipinski definition) is 3. The fourth-order valence-corrected chi connectivity index (χ4v) is 4.28. The van der Waals surface area contributed by atoms with Crippen molar-refractivity contribution in [1.82, 2.24) is 10.2 Å². The Kier molecular flexibility index (Phi) is 5.09. The zero-order valence-electron chi connectivity index (χ0n) is 16.5. The number of amides is 4. The molecule has 2 N–H and O–H groups in total. The van der Waals surface area contributed by atoms with Crippen molar-refractivity contribution in [3.05, 3.63) is 65.2 Å². The van der Waals surface area contributed by atoms with Crippen molar-refractivity contribution >= 4 is 23.5 Å². The first kappa shape index (κ1) is 19.2. The fraction of sp³-hybridized carbons (Fsp3) is 0.348. The van der Waals surface area contributed by atoms with Crippen LogP contribution in [0.3, 0.4) is 0 Å². The van der Waals surface area contributed by atoms with Crippen LogP contribution in [0.4, 0.5) is 10.5 Å². The number of nitrogens with one attached hydrogen (secondary N) is 2. The Labute approximate surface area is 170 Å². The second-order valence-electron chi connectivity index (χ2n) is 7.65. The summed E-state index contributed by atoms with van der Waals surface area (Å²) in [5, 5.41) is 5.72. The molecule has 29 heavy (non-hydrogen) atoms. The molecule has 2 aromatic carbocycles. The minimum atomic E-state index is -1.06. The summed E-state index contributed by atoms with van der Waals surface area (Å²) in [6, 6.07) is 14.8. The number of benzene rings is 2. The van der Waals surface area contributed by atoms with Crippen molar-refractivity contribution in [2.45, 2.75) is 44.6 Å². The summed E-state index contributed by atoms with van der Waals surface area (Å²) >= 11 is 0. The summed E-state index contributed by atoms with van der Waals surface area (Å²) in [5.41, 5.74) is 3.09. The van der Waals surface area contributed by atoms with Gasteiger partial charge in [0.15, 0.2) is 0 Å². The maximum absolute atomic E-state index is 13.1. The van der Waals surface area contributed by atoms with Gasteiger partial charge in [0.05, 0.1) is 0 Å². The van der Waals surface area contributed by atoms with Gasteiger partial charge in [-0.1, -0.05) is 43.3 Å². The molecule has 2 aromatic rings. The summed E-state index contributed by atoms with van der Waals surface area (Å²) in [6.07, 6.45) is 3.79. The summed E-state index contributed by atoms with van der Waals surface area (Å²) in [4.78, 5) is 39.1. The number of urea groups is 1. The van der Waals surface area contributed by atoms with E-state index in [0.29, 0.717) is 6.42 Å². The van der Waals surface area contributed by atoms with Gasteiger partial charge in [0.2, 0.25) is 5.91 Å². The Bertz CT molecular complexity index is 957. The maximum Gasteiger partial charge on any atom is 0.325 e. The molecule has 4 amide bonds. The average molecular weight is 391 g/mol. The third-order valence-electron chi connectivity index (χ3n) is 5.92. The van der Waals surface area contributed by atoms with E-state index in [0.717, 1.165) is 35.4 Å². The third kappa shape index (κ3) is 3.50. The predicted octanol–water partition coefficient (Wildman–Crippen LogP) is 3.36. The van der Waals surface area contributed by atoms with E-state index < -0.39 is 11.6 Å². The molecule has 6 nitrogen and oxygen atoms in total. The van der Waals surface area contributed by atoms with E-state index in [1.165, 1.54) is 11.1 Å². The topological polar surface area (TPSA) is 78.5 Å². The standard InChI is InChI=1S/C23H25N3O3/c1-2-23(18-9-4-3-5-10-18)21(28)26(22(29)25-23)14-13-20(27)24-19-12-11-16-7-6-8-17(16)15-19/h3-5,9-12,15H,2,6-8,13-14H2,1H3,(H,24,27)(H,25,29)/t23-/m1/s1. The quantitative estimate of drug-likeness (QED) is 0.741. The molecule has 0 aromatic heterocycles. The molecule has 2 aliphatic rings. The SMILES string of the molecule is CC[C@]1(c2ccccc2)NC(=O)N(CCC(=O)Nc2ccc3c(c2)CCC3)C1=O. The van der Waals surface area contributed by atoms with Crippen LogP contribution >= 0.6 is 0 Å². The van der Waals surface area contributed by atoms with E-state index in [4.69, 9.17) is 0 Å². The predicted molar refractivity (Wildman–Crippen MR) is 110 cm³/mol. The van der Waals surface area contributed by atoms with Gasteiger partial charge in [0.1, 0.15) is 5.54 Å². The van der Waals surface area contributed by atoms with Crippen LogP contribution in [-0.4, -0.2) is 29.3 Å². The number of fused-ring (bicyclic) bond motifs is 1. The summed E-state index contributed by atoms with van der Waals surface area (Å²) in [5.74, 6) is -0.515. The van der Waals surface area contributed by atoms with E-state index in [1.54, 1.807) is 0 Å². The van der Waals surface area contributed by atoms with Crippen LogP contribution in [0.25, 0.3) is 0 Å². The van der Waals surface area contributed by atoms with Gasteiger partial charge in [0.25, 0.3) is 5.91 Å². The van der Waals surface area contributed by atoms with Crippen molar-refractivity contribution in [2.24, 2.45) is 0 Å².